The molecular formula is C21H25IO2. The molecule has 24 heavy (non-hydrogen) atoms. The second-order valence-electron chi connectivity index (χ2n) is 8.12. The van der Waals surface area contributed by atoms with Gasteiger partial charge < -0.3 is 5.11 Å². The second-order valence-corrected chi connectivity index (χ2v) is 8.66. The zero-order valence-corrected chi connectivity index (χ0v) is 16.4. The van der Waals surface area contributed by atoms with Gasteiger partial charge in [-0.15, -0.1) is 0 Å². The molecule has 4 rings (SSSR count). The fraction of sp³-hybridized carbons (Fsp3) is 0.667. The highest BCUT2D eigenvalue weighted by Gasteiger charge is 2.61. The average molecular weight is 436 g/mol. The molecule has 0 amide bonds. The first kappa shape index (κ1) is 16.8. The third kappa shape index (κ3) is 2.22. The van der Waals surface area contributed by atoms with Crippen molar-refractivity contribution in [3.8, 4) is 9.85 Å². The summed E-state index contributed by atoms with van der Waals surface area (Å²) in [6, 6.07) is 0. The molecule has 3 heteroatoms. The van der Waals surface area contributed by atoms with E-state index in [9.17, 15) is 9.90 Å². The molecule has 4 aliphatic rings. The Hall–Kier alpha value is -0.600. The van der Waals surface area contributed by atoms with E-state index in [2.05, 4.69) is 22.8 Å². The molecule has 1 N–H and O–H groups in total. The maximum atomic E-state index is 11.8. The summed E-state index contributed by atoms with van der Waals surface area (Å²) in [5.74, 6) is 5.80. The van der Waals surface area contributed by atoms with Crippen LogP contribution in [-0.4, -0.2) is 16.5 Å². The Kier molecular flexibility index (Phi) is 4.20. The number of aliphatic hydroxyl groups is 1. The summed E-state index contributed by atoms with van der Waals surface area (Å²) in [6.45, 7) is 2.22. The average Bonchev–Trinajstić information content (AvgIpc) is 2.88. The Morgan fingerprint density at radius 2 is 2.12 bits per heavy atom. The molecule has 0 heterocycles. The number of ketones is 1. The van der Waals surface area contributed by atoms with Gasteiger partial charge in [-0.25, -0.2) is 0 Å². The number of fused-ring (bicyclic) bond motifs is 5. The van der Waals surface area contributed by atoms with Crippen molar-refractivity contribution in [3.63, 3.8) is 0 Å². The molecule has 0 bridgehead atoms. The summed E-state index contributed by atoms with van der Waals surface area (Å²) in [7, 11) is 0. The summed E-state index contributed by atoms with van der Waals surface area (Å²) < 4.78 is 2.94. The van der Waals surface area contributed by atoms with Crippen LogP contribution in [0.25, 0.3) is 0 Å². The van der Waals surface area contributed by atoms with Crippen LogP contribution in [0.3, 0.4) is 0 Å². The highest BCUT2D eigenvalue weighted by atomic mass is 127. The maximum Gasteiger partial charge on any atom is 0.155 e. The topological polar surface area (TPSA) is 37.3 Å². The lowest BCUT2D eigenvalue weighted by Gasteiger charge is -2.55. The van der Waals surface area contributed by atoms with Crippen molar-refractivity contribution in [2.24, 2.45) is 29.1 Å². The highest BCUT2D eigenvalue weighted by molar-refractivity contribution is 14.1. The van der Waals surface area contributed by atoms with Crippen LogP contribution in [0.15, 0.2) is 23.8 Å². The molecule has 0 radical (unpaired) electrons. The van der Waals surface area contributed by atoms with Crippen LogP contribution in [0, 0.1) is 38.9 Å². The molecule has 6 atom stereocenters. The van der Waals surface area contributed by atoms with E-state index in [1.807, 2.05) is 34.7 Å². The largest absolute Gasteiger partial charge is 0.373 e. The monoisotopic (exact) mass is 436 g/mol. The quantitative estimate of drug-likeness (QED) is 0.376. The van der Waals surface area contributed by atoms with Crippen molar-refractivity contribution in [2.75, 3.05) is 0 Å². The second kappa shape index (κ2) is 5.99. The minimum Gasteiger partial charge on any atom is -0.373 e. The Balaban J connectivity index is 1.68. The van der Waals surface area contributed by atoms with Gasteiger partial charge in [0.1, 0.15) is 0 Å². The number of allylic oxidation sites excluding steroid dienone is 3. The van der Waals surface area contributed by atoms with Crippen molar-refractivity contribution in [1.29, 1.82) is 0 Å². The van der Waals surface area contributed by atoms with Crippen LogP contribution in [0.5, 0.6) is 0 Å². The molecule has 0 spiro atoms. The van der Waals surface area contributed by atoms with Gasteiger partial charge in [0.15, 0.2) is 11.4 Å². The number of hydrogen-bond donors (Lipinski definition) is 1. The molecule has 2 nitrogen and oxygen atoms in total. The van der Waals surface area contributed by atoms with Gasteiger partial charge in [0.2, 0.25) is 0 Å². The minimum absolute atomic E-state index is 0.113. The van der Waals surface area contributed by atoms with Crippen LogP contribution in [0.1, 0.15) is 51.9 Å². The van der Waals surface area contributed by atoms with Crippen LogP contribution in [-0.2, 0) is 4.79 Å². The van der Waals surface area contributed by atoms with Crippen LogP contribution < -0.4 is 0 Å². The van der Waals surface area contributed by atoms with E-state index in [0.717, 1.165) is 44.9 Å². The standard InChI is InChI=1S/C21H25IO2/c1-2-20-9-7-17-16-6-4-15(23)13-14(16)3-5-18(17)19(20)8-10-21(20,24)11-12-22/h8,10,13,16-19,24H,2-7,9H2,1H3/t16-,17+,18+,19-,20-,21+/m0/s1. The van der Waals surface area contributed by atoms with E-state index in [1.165, 1.54) is 5.57 Å². The van der Waals surface area contributed by atoms with E-state index < -0.39 is 5.60 Å². The molecule has 0 aromatic carbocycles. The first-order valence-corrected chi connectivity index (χ1v) is 10.4. The summed E-state index contributed by atoms with van der Waals surface area (Å²) in [4.78, 5) is 11.8. The molecule has 2 fully saturated rings. The number of carbonyl (C=O) groups is 1. The van der Waals surface area contributed by atoms with Crippen molar-refractivity contribution < 1.29 is 9.90 Å². The summed E-state index contributed by atoms with van der Waals surface area (Å²) in [5, 5.41) is 11.3. The van der Waals surface area contributed by atoms with Crippen molar-refractivity contribution in [1.82, 2.24) is 0 Å². The minimum atomic E-state index is -0.961. The van der Waals surface area contributed by atoms with Crippen molar-refractivity contribution in [3.05, 3.63) is 23.8 Å². The summed E-state index contributed by atoms with van der Waals surface area (Å²) >= 11 is 2.04. The molecule has 0 aliphatic heterocycles. The normalized spacial score (nSPS) is 46.3. The maximum absolute atomic E-state index is 11.8. The lowest BCUT2D eigenvalue weighted by atomic mass is 9.49. The fourth-order valence-electron chi connectivity index (χ4n) is 6.42. The number of rotatable bonds is 1. The van der Waals surface area contributed by atoms with E-state index in [0.29, 0.717) is 29.5 Å². The SMILES string of the molecule is CC[C@]12CC[C@H]3[C@@H](CCC4=CC(=O)CC[C@@H]43)[C@@H]1C=C[C@@]2(O)C#CI. The lowest BCUT2D eigenvalue weighted by Crippen LogP contribution is -2.54. The van der Waals surface area contributed by atoms with Gasteiger partial charge in [-0.1, -0.05) is 24.5 Å². The van der Waals surface area contributed by atoms with Gasteiger partial charge in [-0.2, -0.15) is 0 Å². The summed E-state index contributed by atoms with van der Waals surface area (Å²) in [6.07, 6.45) is 13.4. The molecule has 2 saturated carbocycles. The Morgan fingerprint density at radius 3 is 2.88 bits per heavy atom. The molecule has 0 unspecified atom stereocenters. The predicted octanol–water partition coefficient (Wildman–Crippen LogP) is 4.42. The van der Waals surface area contributed by atoms with Crippen LogP contribution in [0.4, 0.5) is 0 Å². The van der Waals surface area contributed by atoms with Crippen molar-refractivity contribution in [2.45, 2.75) is 57.5 Å². The molecule has 128 valence electrons. The van der Waals surface area contributed by atoms with Gasteiger partial charge in [0.05, 0.1) is 0 Å². The molecule has 0 aromatic heterocycles. The molecule has 0 aromatic rings. The van der Waals surface area contributed by atoms with E-state index in [1.54, 1.807) is 0 Å². The Labute approximate surface area is 158 Å². The van der Waals surface area contributed by atoms with E-state index in [4.69, 9.17) is 0 Å². The van der Waals surface area contributed by atoms with Crippen LogP contribution >= 0.6 is 22.6 Å². The predicted molar refractivity (Wildman–Crippen MR) is 103 cm³/mol. The van der Waals surface area contributed by atoms with Crippen LogP contribution in [0.2, 0.25) is 0 Å². The number of carbonyl (C=O) groups excluding carboxylic acids is 1. The first-order chi connectivity index (χ1) is 11.5. The third-order valence-corrected chi connectivity index (χ3v) is 7.82. The number of hydrogen-bond acceptors (Lipinski definition) is 2. The number of halogens is 1. The third-order valence-electron chi connectivity index (χ3n) is 7.55. The zero-order chi connectivity index (χ0) is 16.9. The molecular weight excluding hydrogens is 411 g/mol. The van der Waals surface area contributed by atoms with Gasteiger partial charge in [0.25, 0.3) is 0 Å². The zero-order valence-electron chi connectivity index (χ0n) is 14.2. The van der Waals surface area contributed by atoms with Gasteiger partial charge in [-0.05, 0) is 78.3 Å². The van der Waals surface area contributed by atoms with E-state index in [-0.39, 0.29) is 5.41 Å². The fourth-order valence-corrected chi connectivity index (χ4v) is 6.84. The van der Waals surface area contributed by atoms with E-state index >= 15 is 0 Å². The van der Waals surface area contributed by atoms with Gasteiger partial charge in [-0.3, -0.25) is 4.79 Å². The van der Waals surface area contributed by atoms with Gasteiger partial charge >= 0.3 is 0 Å². The summed E-state index contributed by atoms with van der Waals surface area (Å²) in [5.41, 5.74) is 0.343. The van der Waals surface area contributed by atoms with Gasteiger partial charge in [0, 0.05) is 34.4 Å². The Morgan fingerprint density at radius 1 is 1.29 bits per heavy atom. The first-order valence-electron chi connectivity index (χ1n) is 9.32. The smallest absolute Gasteiger partial charge is 0.155 e. The Bertz CT molecular complexity index is 682. The lowest BCUT2D eigenvalue weighted by molar-refractivity contribution is -0.116. The highest BCUT2D eigenvalue weighted by Crippen LogP contribution is 2.63. The molecule has 4 aliphatic carbocycles. The molecule has 0 saturated heterocycles. The van der Waals surface area contributed by atoms with Crippen molar-refractivity contribution >= 4 is 28.4 Å².